The van der Waals surface area contributed by atoms with Crippen LogP contribution in [0.25, 0.3) is 0 Å². The van der Waals surface area contributed by atoms with Crippen molar-refractivity contribution in [2.45, 2.75) is 39.7 Å². The summed E-state index contributed by atoms with van der Waals surface area (Å²) in [6, 6.07) is 7.31. The molecule has 0 bridgehead atoms. The lowest BCUT2D eigenvalue weighted by atomic mass is 9.91. The molecule has 2 N–H and O–H groups in total. The largest absolute Gasteiger partial charge is 0.494 e. The molecule has 1 saturated heterocycles. The molecule has 6 heteroatoms. The minimum absolute atomic E-state index is 0.171. The van der Waals surface area contributed by atoms with Crippen LogP contribution in [0.1, 0.15) is 45.2 Å². The van der Waals surface area contributed by atoms with E-state index in [2.05, 4.69) is 5.32 Å². The van der Waals surface area contributed by atoms with Crippen molar-refractivity contribution in [1.82, 2.24) is 10.2 Å². The molecule has 2 rings (SSSR count). The number of nitrogens with zero attached hydrogens (tertiary/aromatic N) is 1. The monoisotopic (exact) mass is 348 g/mol. The van der Waals surface area contributed by atoms with E-state index in [1.807, 2.05) is 45.0 Å². The van der Waals surface area contributed by atoms with Gasteiger partial charge in [0.05, 0.1) is 18.6 Å². The van der Waals surface area contributed by atoms with Gasteiger partial charge >= 0.3 is 12.0 Å². The predicted molar refractivity (Wildman–Crippen MR) is 95.7 cm³/mol. The van der Waals surface area contributed by atoms with Gasteiger partial charge in [0.2, 0.25) is 0 Å². The number of piperidine rings is 1. The van der Waals surface area contributed by atoms with Crippen LogP contribution in [0.5, 0.6) is 5.75 Å². The van der Waals surface area contributed by atoms with Crippen LogP contribution in [0.15, 0.2) is 24.3 Å². The summed E-state index contributed by atoms with van der Waals surface area (Å²) in [5, 5.41) is 12.3. The van der Waals surface area contributed by atoms with Crippen LogP contribution in [0.4, 0.5) is 4.79 Å². The normalized spacial score (nSPS) is 21.5. The Hall–Kier alpha value is -2.24. The fourth-order valence-corrected chi connectivity index (χ4v) is 3.39. The molecule has 1 heterocycles. The van der Waals surface area contributed by atoms with Crippen LogP contribution in [-0.4, -0.2) is 41.7 Å². The Labute approximate surface area is 149 Å². The van der Waals surface area contributed by atoms with Gasteiger partial charge in [0, 0.05) is 18.7 Å². The summed E-state index contributed by atoms with van der Waals surface area (Å²) in [5.41, 5.74) is 0.944. The number of hydrogen-bond donors (Lipinski definition) is 2. The van der Waals surface area contributed by atoms with E-state index in [0.29, 0.717) is 19.6 Å². The van der Waals surface area contributed by atoms with Crippen molar-refractivity contribution >= 4 is 12.0 Å². The number of para-hydroxylation sites is 1. The number of carboxylic acids is 1. The first-order valence-corrected chi connectivity index (χ1v) is 8.96. The SMILES string of the molecule is CCOc1ccccc1C(CC)NC(=O)N1CC(C)CC(C(=O)O)C1. The van der Waals surface area contributed by atoms with Gasteiger partial charge in [0.1, 0.15) is 5.75 Å². The zero-order valence-electron chi connectivity index (χ0n) is 15.2. The number of carboxylic acid groups (broad SMARTS) is 1. The Kier molecular flexibility index (Phi) is 6.67. The maximum atomic E-state index is 12.7. The number of ether oxygens (including phenoxy) is 1. The summed E-state index contributed by atoms with van der Waals surface area (Å²) in [4.78, 5) is 25.6. The zero-order valence-corrected chi connectivity index (χ0v) is 15.2. The van der Waals surface area contributed by atoms with E-state index in [4.69, 9.17) is 4.74 Å². The number of carbonyl (C=O) groups is 2. The molecule has 1 fully saturated rings. The van der Waals surface area contributed by atoms with E-state index in [1.165, 1.54) is 0 Å². The fraction of sp³-hybridized carbons (Fsp3) is 0.579. The van der Waals surface area contributed by atoms with Crippen molar-refractivity contribution in [1.29, 1.82) is 0 Å². The average Bonchev–Trinajstić information content (AvgIpc) is 2.60. The Morgan fingerprint density at radius 3 is 2.68 bits per heavy atom. The quantitative estimate of drug-likeness (QED) is 0.827. The van der Waals surface area contributed by atoms with Gasteiger partial charge in [-0.2, -0.15) is 0 Å². The first-order chi connectivity index (χ1) is 12.0. The number of rotatable bonds is 6. The van der Waals surface area contributed by atoms with Crippen LogP contribution in [0.2, 0.25) is 0 Å². The van der Waals surface area contributed by atoms with Gasteiger partial charge in [-0.25, -0.2) is 4.79 Å². The molecule has 6 nitrogen and oxygen atoms in total. The Morgan fingerprint density at radius 1 is 1.32 bits per heavy atom. The lowest BCUT2D eigenvalue weighted by Gasteiger charge is -2.35. The molecule has 3 atom stereocenters. The minimum Gasteiger partial charge on any atom is -0.494 e. The molecule has 3 unspecified atom stereocenters. The van der Waals surface area contributed by atoms with Crippen LogP contribution in [-0.2, 0) is 4.79 Å². The molecule has 0 aromatic heterocycles. The standard InChI is InChI=1S/C19H28N2O4/c1-4-16(15-8-6-7-9-17(15)25-5-2)20-19(24)21-11-13(3)10-14(12-21)18(22)23/h6-9,13-14,16H,4-5,10-12H2,1-3H3,(H,20,24)(H,22,23). The van der Waals surface area contributed by atoms with Crippen LogP contribution >= 0.6 is 0 Å². The summed E-state index contributed by atoms with van der Waals surface area (Å²) in [7, 11) is 0. The van der Waals surface area contributed by atoms with Crippen LogP contribution in [0, 0.1) is 11.8 Å². The third-order valence-electron chi connectivity index (χ3n) is 4.60. The summed E-state index contributed by atoms with van der Waals surface area (Å²) in [6.07, 6.45) is 1.34. The van der Waals surface area contributed by atoms with Crippen molar-refractivity contribution in [2.75, 3.05) is 19.7 Å². The Balaban J connectivity index is 2.10. The molecule has 0 aliphatic carbocycles. The molecule has 0 spiro atoms. The number of likely N-dealkylation sites (tertiary alicyclic amines) is 1. The summed E-state index contributed by atoms with van der Waals surface area (Å²) < 4.78 is 5.67. The molecule has 1 aliphatic heterocycles. The first-order valence-electron chi connectivity index (χ1n) is 8.96. The number of urea groups is 1. The Bertz CT molecular complexity index is 605. The van der Waals surface area contributed by atoms with E-state index in [9.17, 15) is 14.7 Å². The van der Waals surface area contributed by atoms with E-state index in [1.54, 1.807) is 4.90 Å². The lowest BCUT2D eigenvalue weighted by Crippen LogP contribution is -2.50. The van der Waals surface area contributed by atoms with E-state index in [-0.39, 0.29) is 24.5 Å². The summed E-state index contributed by atoms with van der Waals surface area (Å²) in [5.74, 6) is -0.382. The minimum atomic E-state index is -0.835. The highest BCUT2D eigenvalue weighted by Gasteiger charge is 2.32. The van der Waals surface area contributed by atoms with E-state index >= 15 is 0 Å². The van der Waals surface area contributed by atoms with Crippen molar-refractivity contribution in [3.05, 3.63) is 29.8 Å². The van der Waals surface area contributed by atoms with E-state index < -0.39 is 11.9 Å². The highest BCUT2D eigenvalue weighted by atomic mass is 16.5. The van der Waals surface area contributed by atoms with Crippen molar-refractivity contribution in [3.8, 4) is 5.75 Å². The number of carbonyl (C=O) groups excluding carboxylic acids is 1. The molecule has 0 radical (unpaired) electrons. The molecular formula is C19H28N2O4. The number of benzene rings is 1. The third kappa shape index (κ3) is 4.87. The van der Waals surface area contributed by atoms with Crippen LogP contribution in [0.3, 0.4) is 0 Å². The predicted octanol–water partition coefficient (Wildman–Crippen LogP) is 3.29. The third-order valence-corrected chi connectivity index (χ3v) is 4.60. The van der Waals surface area contributed by atoms with Crippen LogP contribution < -0.4 is 10.1 Å². The number of nitrogens with one attached hydrogen (secondary N) is 1. The molecule has 1 aromatic rings. The van der Waals surface area contributed by atoms with Crippen molar-refractivity contribution in [2.24, 2.45) is 11.8 Å². The van der Waals surface area contributed by atoms with Gasteiger partial charge in [-0.3, -0.25) is 4.79 Å². The highest BCUT2D eigenvalue weighted by Crippen LogP contribution is 2.28. The summed E-state index contributed by atoms with van der Waals surface area (Å²) >= 11 is 0. The van der Waals surface area contributed by atoms with Gasteiger partial charge in [0.15, 0.2) is 0 Å². The molecule has 1 aliphatic rings. The molecule has 138 valence electrons. The fourth-order valence-electron chi connectivity index (χ4n) is 3.39. The maximum absolute atomic E-state index is 12.7. The number of aliphatic carboxylic acids is 1. The molecule has 2 amide bonds. The average molecular weight is 348 g/mol. The van der Waals surface area contributed by atoms with Gasteiger partial charge in [0.25, 0.3) is 0 Å². The van der Waals surface area contributed by atoms with Gasteiger partial charge in [-0.15, -0.1) is 0 Å². The maximum Gasteiger partial charge on any atom is 0.317 e. The lowest BCUT2D eigenvalue weighted by molar-refractivity contribution is -0.143. The second-order valence-electron chi connectivity index (χ2n) is 6.66. The number of amides is 2. The van der Waals surface area contributed by atoms with Crippen molar-refractivity contribution < 1.29 is 19.4 Å². The Morgan fingerprint density at radius 2 is 2.04 bits per heavy atom. The van der Waals surface area contributed by atoms with Gasteiger partial charge < -0.3 is 20.1 Å². The first kappa shape index (κ1) is 19.1. The van der Waals surface area contributed by atoms with Crippen molar-refractivity contribution in [3.63, 3.8) is 0 Å². The second kappa shape index (κ2) is 8.74. The molecular weight excluding hydrogens is 320 g/mol. The molecule has 25 heavy (non-hydrogen) atoms. The molecule has 1 aromatic carbocycles. The number of hydrogen-bond acceptors (Lipinski definition) is 3. The van der Waals surface area contributed by atoms with E-state index in [0.717, 1.165) is 17.7 Å². The van der Waals surface area contributed by atoms with Gasteiger partial charge in [-0.1, -0.05) is 32.0 Å². The topological polar surface area (TPSA) is 78.9 Å². The smallest absolute Gasteiger partial charge is 0.317 e. The highest BCUT2D eigenvalue weighted by molar-refractivity contribution is 5.77. The second-order valence-corrected chi connectivity index (χ2v) is 6.66. The van der Waals surface area contributed by atoms with Gasteiger partial charge in [-0.05, 0) is 31.7 Å². The molecule has 0 saturated carbocycles. The summed E-state index contributed by atoms with van der Waals surface area (Å²) in [6.45, 7) is 7.32. The zero-order chi connectivity index (χ0) is 18.4.